The van der Waals surface area contributed by atoms with Crippen molar-refractivity contribution in [2.75, 3.05) is 18.4 Å². The Morgan fingerprint density at radius 1 is 1.18 bits per heavy atom. The fourth-order valence-electron chi connectivity index (χ4n) is 4.10. The number of hydrogen-bond donors (Lipinski definition) is 1. The van der Waals surface area contributed by atoms with E-state index < -0.39 is 22.6 Å². The van der Waals surface area contributed by atoms with Gasteiger partial charge < -0.3 is 5.32 Å². The van der Waals surface area contributed by atoms with E-state index in [1.165, 1.54) is 0 Å². The molecule has 176 valence electrons. The SMILES string of the molecule is O=S(c1cc(F)cc(F)c1)N1CCCC(c2cc(NCc3cccnc3)n3ncc(Br)c3n2)C1. The van der Waals surface area contributed by atoms with Crippen LogP contribution < -0.4 is 5.32 Å². The van der Waals surface area contributed by atoms with Crippen LogP contribution >= 0.6 is 15.9 Å². The molecule has 5 rings (SSSR count). The molecule has 0 amide bonds. The number of piperidine rings is 1. The first-order chi connectivity index (χ1) is 16.5. The van der Waals surface area contributed by atoms with Gasteiger partial charge in [0, 0.05) is 50.1 Å². The summed E-state index contributed by atoms with van der Waals surface area (Å²) in [5.74, 6) is -0.695. The minimum atomic E-state index is -1.67. The first-order valence-electron chi connectivity index (χ1n) is 10.8. The summed E-state index contributed by atoms with van der Waals surface area (Å²) in [5, 5.41) is 7.83. The van der Waals surface area contributed by atoms with Gasteiger partial charge in [-0.3, -0.25) is 4.98 Å². The zero-order valence-electron chi connectivity index (χ0n) is 18.0. The Morgan fingerprint density at radius 3 is 2.76 bits per heavy atom. The largest absolute Gasteiger partial charge is 0.366 e. The van der Waals surface area contributed by atoms with Crippen molar-refractivity contribution in [3.63, 3.8) is 0 Å². The molecular formula is C23H21BrF2N6OS. The van der Waals surface area contributed by atoms with Crippen molar-refractivity contribution in [2.24, 2.45) is 0 Å². The molecule has 34 heavy (non-hydrogen) atoms. The van der Waals surface area contributed by atoms with E-state index in [0.717, 1.165) is 52.6 Å². The normalized spacial score (nSPS) is 17.7. The van der Waals surface area contributed by atoms with E-state index in [1.54, 1.807) is 27.4 Å². The Hall–Kier alpha value is -2.76. The summed E-state index contributed by atoms with van der Waals surface area (Å²) in [6, 6.07) is 8.86. The van der Waals surface area contributed by atoms with Gasteiger partial charge in [-0.05, 0) is 52.5 Å². The van der Waals surface area contributed by atoms with E-state index in [0.29, 0.717) is 25.3 Å². The molecule has 0 spiro atoms. The zero-order chi connectivity index (χ0) is 23.7. The fraction of sp³-hybridized carbons (Fsp3) is 0.261. The smallest absolute Gasteiger partial charge is 0.171 e. The number of anilines is 1. The predicted octanol–water partition coefficient (Wildman–Crippen LogP) is 4.68. The number of halogens is 3. The number of benzene rings is 1. The van der Waals surface area contributed by atoms with Crippen molar-refractivity contribution >= 4 is 38.4 Å². The number of nitrogens with zero attached hydrogens (tertiary/aromatic N) is 5. The number of hydrogen-bond acceptors (Lipinski definition) is 5. The summed E-state index contributed by atoms with van der Waals surface area (Å²) >= 11 is 3.52. The molecule has 0 saturated carbocycles. The van der Waals surface area contributed by atoms with Crippen LogP contribution in [0, 0.1) is 11.6 Å². The maximum absolute atomic E-state index is 13.7. The number of aromatic nitrogens is 4. The van der Waals surface area contributed by atoms with Crippen LogP contribution in [-0.4, -0.2) is 41.2 Å². The van der Waals surface area contributed by atoms with E-state index in [4.69, 9.17) is 4.98 Å². The van der Waals surface area contributed by atoms with Gasteiger partial charge in [0.05, 0.1) is 21.3 Å². The number of pyridine rings is 1. The quantitative estimate of drug-likeness (QED) is 0.380. The summed E-state index contributed by atoms with van der Waals surface area (Å²) in [4.78, 5) is 9.10. The highest BCUT2D eigenvalue weighted by atomic mass is 79.9. The van der Waals surface area contributed by atoms with E-state index in [-0.39, 0.29) is 10.8 Å². The van der Waals surface area contributed by atoms with Crippen LogP contribution in [0.15, 0.2) is 64.4 Å². The van der Waals surface area contributed by atoms with Gasteiger partial charge in [0.15, 0.2) is 5.65 Å². The lowest BCUT2D eigenvalue weighted by atomic mass is 9.96. The zero-order valence-corrected chi connectivity index (χ0v) is 20.4. The lowest BCUT2D eigenvalue weighted by molar-refractivity contribution is 0.327. The van der Waals surface area contributed by atoms with Crippen LogP contribution in [0.5, 0.6) is 0 Å². The Morgan fingerprint density at radius 2 is 2.00 bits per heavy atom. The van der Waals surface area contributed by atoms with E-state index in [2.05, 4.69) is 31.3 Å². The fourth-order valence-corrected chi connectivity index (χ4v) is 5.78. The van der Waals surface area contributed by atoms with Crippen LogP contribution in [0.3, 0.4) is 0 Å². The molecule has 1 fully saturated rings. The number of fused-ring (bicyclic) bond motifs is 1. The van der Waals surface area contributed by atoms with Crippen molar-refractivity contribution in [3.8, 4) is 0 Å². The standard InChI is InChI=1S/C23H21BrF2N6OS/c24-20-13-29-32-22(28-12-15-3-1-5-27-11-15)10-21(30-23(20)32)16-4-2-6-31(14-16)34(33)19-8-17(25)7-18(26)9-19/h1,3,5,7-11,13,16,28H,2,4,6,12,14H2. The maximum Gasteiger partial charge on any atom is 0.171 e. The second kappa shape index (κ2) is 9.85. The highest BCUT2D eigenvalue weighted by molar-refractivity contribution is 9.10. The van der Waals surface area contributed by atoms with Crippen LogP contribution in [-0.2, 0) is 17.5 Å². The molecule has 4 heterocycles. The Bertz CT molecular complexity index is 1330. The molecule has 0 aliphatic carbocycles. The molecule has 2 atom stereocenters. The maximum atomic E-state index is 13.7. The average molecular weight is 547 g/mol. The van der Waals surface area contributed by atoms with Gasteiger partial charge in [-0.25, -0.2) is 22.3 Å². The van der Waals surface area contributed by atoms with Crippen LogP contribution in [0.25, 0.3) is 5.65 Å². The van der Waals surface area contributed by atoms with Crippen LogP contribution in [0.4, 0.5) is 14.6 Å². The van der Waals surface area contributed by atoms with Gasteiger partial charge in [0.25, 0.3) is 0 Å². The van der Waals surface area contributed by atoms with Gasteiger partial charge in [0.2, 0.25) is 0 Å². The van der Waals surface area contributed by atoms with Gasteiger partial charge in [-0.1, -0.05) is 6.07 Å². The van der Waals surface area contributed by atoms with Crippen molar-refractivity contribution in [1.29, 1.82) is 0 Å². The number of rotatable bonds is 6. The molecule has 7 nitrogen and oxygen atoms in total. The molecule has 3 aromatic heterocycles. The third kappa shape index (κ3) is 4.86. The van der Waals surface area contributed by atoms with Crippen LogP contribution in [0.2, 0.25) is 0 Å². The minimum absolute atomic E-state index is 0.00171. The molecule has 11 heteroatoms. The first kappa shape index (κ1) is 23.0. The third-order valence-corrected chi connectivity index (χ3v) is 7.72. The summed E-state index contributed by atoms with van der Waals surface area (Å²) < 4.78 is 44.7. The van der Waals surface area contributed by atoms with Crippen molar-refractivity contribution in [1.82, 2.24) is 23.9 Å². The van der Waals surface area contributed by atoms with Gasteiger partial charge in [-0.2, -0.15) is 9.61 Å². The second-order valence-corrected chi connectivity index (χ2v) is 10.4. The molecule has 4 aromatic rings. The van der Waals surface area contributed by atoms with Gasteiger partial charge in [0.1, 0.15) is 28.4 Å². The summed E-state index contributed by atoms with van der Waals surface area (Å²) in [7, 11) is -1.67. The topological polar surface area (TPSA) is 75.4 Å². The first-order valence-corrected chi connectivity index (χ1v) is 12.7. The molecule has 1 aliphatic rings. The lowest BCUT2D eigenvalue weighted by Gasteiger charge is -2.31. The van der Waals surface area contributed by atoms with E-state index >= 15 is 0 Å². The molecular weight excluding hydrogens is 526 g/mol. The highest BCUT2D eigenvalue weighted by Crippen LogP contribution is 2.31. The Balaban J connectivity index is 1.41. The Labute approximate surface area is 205 Å². The minimum Gasteiger partial charge on any atom is -0.366 e. The molecule has 1 aromatic carbocycles. The number of nitrogens with one attached hydrogen (secondary N) is 1. The molecule has 1 N–H and O–H groups in total. The summed E-state index contributed by atoms with van der Waals surface area (Å²) in [6.45, 7) is 1.60. The Kier molecular flexibility index (Phi) is 6.66. The van der Waals surface area contributed by atoms with Crippen molar-refractivity contribution in [3.05, 3.63) is 82.4 Å². The van der Waals surface area contributed by atoms with Gasteiger partial charge >= 0.3 is 0 Å². The molecule has 0 bridgehead atoms. The molecule has 0 radical (unpaired) electrons. The molecule has 1 saturated heterocycles. The highest BCUT2D eigenvalue weighted by Gasteiger charge is 2.28. The lowest BCUT2D eigenvalue weighted by Crippen LogP contribution is -2.36. The molecule has 1 aliphatic heterocycles. The second-order valence-electron chi connectivity index (χ2n) is 8.09. The van der Waals surface area contributed by atoms with E-state index in [1.807, 2.05) is 18.2 Å². The summed E-state index contributed by atoms with van der Waals surface area (Å²) in [5.41, 5.74) is 2.55. The van der Waals surface area contributed by atoms with Crippen LogP contribution in [0.1, 0.15) is 30.0 Å². The van der Waals surface area contributed by atoms with Crippen molar-refractivity contribution in [2.45, 2.75) is 30.2 Å². The predicted molar refractivity (Wildman–Crippen MR) is 129 cm³/mol. The van der Waals surface area contributed by atoms with E-state index in [9.17, 15) is 13.0 Å². The summed E-state index contributed by atoms with van der Waals surface area (Å²) in [6.07, 6.45) is 6.88. The molecule has 2 unspecified atom stereocenters. The van der Waals surface area contributed by atoms with Crippen molar-refractivity contribution < 1.29 is 13.0 Å². The monoisotopic (exact) mass is 546 g/mol. The average Bonchev–Trinajstić information content (AvgIpc) is 3.23. The third-order valence-electron chi connectivity index (χ3n) is 5.72. The van der Waals surface area contributed by atoms with Gasteiger partial charge in [-0.15, -0.1) is 0 Å².